The van der Waals surface area contributed by atoms with E-state index in [4.69, 9.17) is 21.1 Å². The van der Waals surface area contributed by atoms with Gasteiger partial charge in [-0.05, 0) is 37.2 Å². The molecule has 2 rings (SSSR count). The van der Waals surface area contributed by atoms with Gasteiger partial charge in [-0.25, -0.2) is 4.98 Å². The molecule has 1 aromatic heterocycles. The summed E-state index contributed by atoms with van der Waals surface area (Å²) in [5, 5.41) is 9.74. The molecule has 1 aromatic carbocycles. The molecule has 0 amide bonds. The average molecular weight is 295 g/mol. The molecule has 0 atom stereocenters. The van der Waals surface area contributed by atoms with Gasteiger partial charge in [0.2, 0.25) is 5.89 Å². The fraction of sp³-hybridized carbons (Fsp3) is 0.400. The maximum atomic E-state index is 9.05. The summed E-state index contributed by atoms with van der Waals surface area (Å²) < 4.78 is 5.76. The summed E-state index contributed by atoms with van der Waals surface area (Å²) in [5.74, 6) is 1.40. The summed E-state index contributed by atoms with van der Waals surface area (Å²) in [6, 6.07) is 7.47. The predicted octanol–water partition coefficient (Wildman–Crippen LogP) is 3.20. The van der Waals surface area contributed by atoms with Crippen molar-refractivity contribution in [2.45, 2.75) is 19.9 Å². The highest BCUT2D eigenvalue weighted by atomic mass is 35.5. The van der Waals surface area contributed by atoms with Crippen LogP contribution in [0.5, 0.6) is 0 Å². The normalized spacial score (nSPS) is 11.2. The molecule has 0 aliphatic rings. The van der Waals surface area contributed by atoms with Crippen molar-refractivity contribution in [3.8, 4) is 11.3 Å². The van der Waals surface area contributed by atoms with Crippen molar-refractivity contribution in [3.63, 3.8) is 0 Å². The minimum absolute atomic E-state index is 0.144. The quantitative estimate of drug-likeness (QED) is 0.852. The molecule has 0 fully saturated rings. The molecule has 20 heavy (non-hydrogen) atoms. The smallest absolute Gasteiger partial charge is 0.209 e. The molecule has 108 valence electrons. The van der Waals surface area contributed by atoms with E-state index in [0.29, 0.717) is 24.0 Å². The van der Waals surface area contributed by atoms with Crippen LogP contribution < -0.4 is 0 Å². The number of aromatic nitrogens is 1. The van der Waals surface area contributed by atoms with E-state index < -0.39 is 0 Å². The highest BCUT2D eigenvalue weighted by molar-refractivity contribution is 6.30. The van der Waals surface area contributed by atoms with Crippen LogP contribution >= 0.6 is 11.6 Å². The zero-order chi connectivity index (χ0) is 14.4. The van der Waals surface area contributed by atoms with Gasteiger partial charge in [-0.2, -0.15) is 0 Å². The summed E-state index contributed by atoms with van der Waals surface area (Å²) in [6.45, 7) is 4.41. The van der Waals surface area contributed by atoms with Gasteiger partial charge >= 0.3 is 0 Å². The molecule has 0 spiro atoms. The third kappa shape index (κ3) is 4.07. The molecule has 1 heterocycles. The summed E-state index contributed by atoms with van der Waals surface area (Å²) in [5.41, 5.74) is 0.956. The number of rotatable bonds is 7. The van der Waals surface area contributed by atoms with Crippen LogP contribution in [0.4, 0.5) is 0 Å². The van der Waals surface area contributed by atoms with Gasteiger partial charge in [-0.3, -0.25) is 4.90 Å². The number of hydrogen-bond donors (Lipinski definition) is 1. The van der Waals surface area contributed by atoms with Gasteiger partial charge < -0.3 is 9.52 Å². The van der Waals surface area contributed by atoms with Crippen molar-refractivity contribution in [1.29, 1.82) is 0 Å². The fourth-order valence-corrected chi connectivity index (χ4v) is 2.18. The second kappa shape index (κ2) is 7.43. The van der Waals surface area contributed by atoms with Crippen LogP contribution in [0.15, 0.2) is 34.9 Å². The average Bonchev–Trinajstić information content (AvgIpc) is 2.89. The number of oxazole rings is 1. The van der Waals surface area contributed by atoms with Gasteiger partial charge in [0, 0.05) is 17.1 Å². The van der Waals surface area contributed by atoms with E-state index in [1.54, 1.807) is 6.20 Å². The number of benzene rings is 1. The second-order valence-corrected chi connectivity index (χ2v) is 5.06. The van der Waals surface area contributed by atoms with E-state index in [9.17, 15) is 0 Å². The number of nitrogens with zero attached hydrogens (tertiary/aromatic N) is 2. The number of aliphatic hydroxyl groups is 1. The van der Waals surface area contributed by atoms with Gasteiger partial charge in [-0.15, -0.1) is 0 Å². The minimum atomic E-state index is 0.144. The van der Waals surface area contributed by atoms with Gasteiger partial charge in [0.15, 0.2) is 5.76 Å². The Bertz CT molecular complexity index is 519. The first kappa shape index (κ1) is 15.0. The van der Waals surface area contributed by atoms with Crippen molar-refractivity contribution in [3.05, 3.63) is 41.4 Å². The van der Waals surface area contributed by atoms with Crippen LogP contribution in [0.3, 0.4) is 0 Å². The topological polar surface area (TPSA) is 49.5 Å². The largest absolute Gasteiger partial charge is 0.439 e. The number of halogens is 1. The predicted molar refractivity (Wildman–Crippen MR) is 79.6 cm³/mol. The summed E-state index contributed by atoms with van der Waals surface area (Å²) in [4.78, 5) is 6.42. The Hall–Kier alpha value is -1.36. The fourth-order valence-electron chi connectivity index (χ4n) is 2.05. The Balaban J connectivity index is 2.06. The molecule has 0 aliphatic heterocycles. The Morgan fingerprint density at radius 3 is 2.65 bits per heavy atom. The molecular weight excluding hydrogens is 276 g/mol. The molecule has 5 heteroatoms. The van der Waals surface area contributed by atoms with Crippen LogP contribution in [0.25, 0.3) is 11.3 Å². The first-order valence-electron chi connectivity index (χ1n) is 6.76. The van der Waals surface area contributed by atoms with Gasteiger partial charge in [0.25, 0.3) is 0 Å². The molecule has 0 unspecified atom stereocenters. The first-order chi connectivity index (χ1) is 9.72. The monoisotopic (exact) mass is 294 g/mol. The Kier molecular flexibility index (Phi) is 5.59. The molecule has 0 aliphatic carbocycles. The highest BCUT2D eigenvalue weighted by Gasteiger charge is 2.10. The summed E-state index contributed by atoms with van der Waals surface area (Å²) in [7, 11) is 0. The van der Waals surface area contributed by atoms with Crippen molar-refractivity contribution >= 4 is 11.6 Å². The van der Waals surface area contributed by atoms with Crippen LogP contribution in [0, 0.1) is 0 Å². The van der Waals surface area contributed by atoms with Gasteiger partial charge in [-0.1, -0.05) is 18.5 Å². The lowest BCUT2D eigenvalue weighted by molar-refractivity contribution is 0.179. The standard InChI is InChI=1S/C15H19ClN2O2/c1-2-7-18(8-9-19)11-15-17-10-14(20-15)12-3-5-13(16)6-4-12/h3-6,10,19H,2,7-9,11H2,1H3. The van der Waals surface area contributed by atoms with Gasteiger partial charge in [0.1, 0.15) is 0 Å². The zero-order valence-electron chi connectivity index (χ0n) is 11.6. The lowest BCUT2D eigenvalue weighted by atomic mass is 10.2. The molecule has 0 saturated carbocycles. The third-order valence-corrected chi connectivity index (χ3v) is 3.25. The van der Waals surface area contributed by atoms with E-state index in [1.807, 2.05) is 24.3 Å². The number of hydrogen-bond acceptors (Lipinski definition) is 4. The van der Waals surface area contributed by atoms with Crippen molar-refractivity contribution in [1.82, 2.24) is 9.88 Å². The summed E-state index contributed by atoms with van der Waals surface area (Å²) >= 11 is 5.87. The van der Waals surface area contributed by atoms with Crippen LogP contribution in [-0.2, 0) is 6.54 Å². The molecular formula is C15H19ClN2O2. The molecule has 1 N–H and O–H groups in total. The van der Waals surface area contributed by atoms with Crippen molar-refractivity contribution in [2.75, 3.05) is 19.7 Å². The molecule has 0 radical (unpaired) electrons. The van der Waals surface area contributed by atoms with E-state index in [0.717, 1.165) is 24.3 Å². The molecule has 0 bridgehead atoms. The van der Waals surface area contributed by atoms with E-state index in [-0.39, 0.29) is 6.61 Å². The lowest BCUT2D eigenvalue weighted by Crippen LogP contribution is -2.27. The highest BCUT2D eigenvalue weighted by Crippen LogP contribution is 2.22. The minimum Gasteiger partial charge on any atom is -0.439 e. The molecule has 0 saturated heterocycles. The van der Waals surface area contributed by atoms with Crippen LogP contribution in [0.1, 0.15) is 19.2 Å². The second-order valence-electron chi connectivity index (χ2n) is 4.62. The Morgan fingerprint density at radius 2 is 2.00 bits per heavy atom. The molecule has 4 nitrogen and oxygen atoms in total. The Morgan fingerprint density at radius 1 is 1.25 bits per heavy atom. The van der Waals surface area contributed by atoms with Crippen molar-refractivity contribution < 1.29 is 9.52 Å². The van der Waals surface area contributed by atoms with Crippen LogP contribution in [-0.4, -0.2) is 34.7 Å². The maximum absolute atomic E-state index is 9.05. The molecule has 2 aromatic rings. The lowest BCUT2D eigenvalue weighted by Gasteiger charge is -2.18. The van der Waals surface area contributed by atoms with E-state index >= 15 is 0 Å². The van der Waals surface area contributed by atoms with E-state index in [2.05, 4.69) is 16.8 Å². The Labute approximate surface area is 124 Å². The van der Waals surface area contributed by atoms with Crippen LogP contribution in [0.2, 0.25) is 5.02 Å². The first-order valence-corrected chi connectivity index (χ1v) is 7.14. The van der Waals surface area contributed by atoms with E-state index in [1.165, 1.54) is 0 Å². The third-order valence-electron chi connectivity index (χ3n) is 3.00. The zero-order valence-corrected chi connectivity index (χ0v) is 12.3. The maximum Gasteiger partial charge on any atom is 0.209 e. The summed E-state index contributed by atoms with van der Waals surface area (Å²) in [6.07, 6.45) is 2.76. The van der Waals surface area contributed by atoms with Gasteiger partial charge in [0.05, 0.1) is 19.3 Å². The number of aliphatic hydroxyl groups excluding tert-OH is 1. The SMILES string of the molecule is CCCN(CCO)Cc1ncc(-c2ccc(Cl)cc2)o1. The van der Waals surface area contributed by atoms with Crippen molar-refractivity contribution in [2.24, 2.45) is 0 Å².